The molecule has 3 nitrogen and oxygen atoms in total. The summed E-state index contributed by atoms with van der Waals surface area (Å²) in [4.78, 5) is 4.28. The average Bonchev–Trinajstić information content (AvgIpc) is 2.84. The van der Waals surface area contributed by atoms with E-state index in [0.29, 0.717) is 5.15 Å². The molecule has 16 heavy (non-hydrogen) atoms. The molecule has 3 rings (SSSR count). The van der Waals surface area contributed by atoms with E-state index in [4.69, 9.17) is 11.6 Å². The summed E-state index contributed by atoms with van der Waals surface area (Å²) in [5.74, 6) is 2.65. The highest BCUT2D eigenvalue weighted by Crippen LogP contribution is 2.35. The lowest BCUT2D eigenvalue weighted by Crippen LogP contribution is -2.00. The Hall–Kier alpha value is -0.520. The van der Waals surface area contributed by atoms with Crippen molar-refractivity contribution in [2.45, 2.75) is 11.5 Å². The smallest absolute Gasteiger partial charge is 0.155 e. The van der Waals surface area contributed by atoms with Crippen molar-refractivity contribution in [1.29, 1.82) is 0 Å². The zero-order valence-corrected chi connectivity index (χ0v) is 11.3. The Morgan fingerprint density at radius 1 is 1.38 bits per heavy atom. The van der Waals surface area contributed by atoms with Crippen molar-refractivity contribution in [2.75, 3.05) is 0 Å². The molecule has 2 aromatic heterocycles. The highest BCUT2D eigenvalue weighted by Gasteiger charge is 2.22. The van der Waals surface area contributed by atoms with E-state index in [0.717, 1.165) is 33.1 Å². The van der Waals surface area contributed by atoms with Crippen LogP contribution in [0, 0.1) is 0 Å². The highest BCUT2D eigenvalue weighted by atomic mass is 79.9. The minimum atomic E-state index is 0.690. The summed E-state index contributed by atoms with van der Waals surface area (Å²) in [5, 5.41) is 5.17. The molecular formula is C10H7BrClN3S. The van der Waals surface area contributed by atoms with E-state index in [-0.39, 0.29) is 0 Å². The van der Waals surface area contributed by atoms with Crippen LogP contribution in [0.5, 0.6) is 0 Å². The van der Waals surface area contributed by atoms with Crippen molar-refractivity contribution < 1.29 is 0 Å². The molecule has 0 bridgehead atoms. The summed E-state index contributed by atoms with van der Waals surface area (Å²) in [6.45, 7) is 0. The number of aromatic nitrogens is 3. The van der Waals surface area contributed by atoms with Gasteiger partial charge in [0.1, 0.15) is 5.15 Å². The van der Waals surface area contributed by atoms with Gasteiger partial charge in [-0.3, -0.25) is 0 Å². The van der Waals surface area contributed by atoms with Gasteiger partial charge >= 0.3 is 0 Å². The zero-order valence-electron chi connectivity index (χ0n) is 8.15. The number of hydrogen-bond donors (Lipinski definition) is 0. The fourth-order valence-electron chi connectivity index (χ4n) is 1.63. The molecule has 0 atom stereocenters. The molecule has 6 heteroatoms. The van der Waals surface area contributed by atoms with Gasteiger partial charge in [-0.15, -0.1) is 0 Å². The van der Waals surface area contributed by atoms with E-state index < -0.39 is 0 Å². The largest absolute Gasteiger partial charge is 0.236 e. The fourth-order valence-corrected chi connectivity index (χ4v) is 3.27. The van der Waals surface area contributed by atoms with Crippen molar-refractivity contribution in [1.82, 2.24) is 14.8 Å². The lowest BCUT2D eigenvalue weighted by Gasteiger charge is -2.02. The van der Waals surface area contributed by atoms with Crippen molar-refractivity contribution in [3.8, 4) is 5.82 Å². The average molecular weight is 317 g/mol. The third-order valence-corrected chi connectivity index (χ3v) is 4.25. The summed E-state index contributed by atoms with van der Waals surface area (Å²) in [7, 11) is 0. The molecule has 1 aliphatic heterocycles. The number of pyridine rings is 1. The summed E-state index contributed by atoms with van der Waals surface area (Å²) in [5.41, 5.74) is 2.23. The van der Waals surface area contributed by atoms with Crippen LogP contribution in [-0.2, 0) is 11.5 Å². The lowest BCUT2D eigenvalue weighted by molar-refractivity contribution is 0.830. The third kappa shape index (κ3) is 1.67. The molecule has 0 saturated carbocycles. The van der Waals surface area contributed by atoms with E-state index in [9.17, 15) is 0 Å². The maximum atomic E-state index is 6.28. The molecule has 0 aromatic carbocycles. The molecule has 3 heterocycles. The molecule has 0 unspecified atom stereocenters. The molecular weight excluding hydrogens is 310 g/mol. The van der Waals surface area contributed by atoms with Crippen molar-refractivity contribution >= 4 is 39.3 Å². The van der Waals surface area contributed by atoms with Crippen LogP contribution in [0.4, 0.5) is 0 Å². The second kappa shape index (κ2) is 4.05. The number of nitrogens with zero attached hydrogens (tertiary/aromatic N) is 3. The molecule has 2 aromatic rings. The third-order valence-electron chi connectivity index (χ3n) is 2.42. The Bertz CT molecular complexity index is 538. The van der Waals surface area contributed by atoms with Crippen LogP contribution < -0.4 is 0 Å². The molecule has 0 aliphatic carbocycles. The normalized spacial score (nSPS) is 14.1. The maximum Gasteiger partial charge on any atom is 0.155 e. The van der Waals surface area contributed by atoms with Gasteiger partial charge < -0.3 is 0 Å². The SMILES string of the molecule is Clc1c2c(nn1-c1ccc(Br)cn1)CSC2. The second-order valence-corrected chi connectivity index (χ2v) is 5.71. The number of thioether (sulfide) groups is 1. The Balaban J connectivity index is 2.10. The number of hydrogen-bond acceptors (Lipinski definition) is 3. The molecule has 82 valence electrons. The number of fused-ring (bicyclic) bond motifs is 1. The van der Waals surface area contributed by atoms with Gasteiger partial charge in [0.2, 0.25) is 0 Å². The first kappa shape index (κ1) is 10.6. The van der Waals surface area contributed by atoms with Crippen LogP contribution in [0.2, 0.25) is 5.15 Å². The van der Waals surface area contributed by atoms with E-state index in [2.05, 4.69) is 26.0 Å². The van der Waals surface area contributed by atoms with Crippen LogP contribution in [0.15, 0.2) is 22.8 Å². The van der Waals surface area contributed by atoms with Crippen LogP contribution >= 0.6 is 39.3 Å². The Morgan fingerprint density at radius 3 is 2.94 bits per heavy atom. The van der Waals surface area contributed by atoms with E-state index in [1.807, 2.05) is 23.9 Å². The lowest BCUT2D eigenvalue weighted by atomic mass is 10.3. The first-order chi connectivity index (χ1) is 7.75. The van der Waals surface area contributed by atoms with Crippen molar-refractivity contribution in [3.05, 3.63) is 39.2 Å². The molecule has 0 fully saturated rings. The Kier molecular flexibility index (Phi) is 2.69. The Labute approximate surface area is 110 Å². The standard InChI is InChI=1S/C10H7BrClN3S/c11-6-1-2-9(13-3-6)15-10(12)7-4-16-5-8(7)14-15/h1-3H,4-5H2. The predicted molar refractivity (Wildman–Crippen MR) is 69.1 cm³/mol. The van der Waals surface area contributed by atoms with Crippen molar-refractivity contribution in [2.24, 2.45) is 0 Å². The fraction of sp³-hybridized carbons (Fsp3) is 0.200. The van der Waals surface area contributed by atoms with Gasteiger partial charge in [-0.25, -0.2) is 9.67 Å². The second-order valence-electron chi connectivity index (χ2n) is 3.46. The van der Waals surface area contributed by atoms with Crippen LogP contribution in [0.25, 0.3) is 5.82 Å². The number of halogens is 2. The van der Waals surface area contributed by atoms with Crippen LogP contribution in [0.1, 0.15) is 11.3 Å². The Morgan fingerprint density at radius 2 is 2.25 bits per heavy atom. The molecule has 1 aliphatic rings. The summed E-state index contributed by atoms with van der Waals surface area (Å²) in [6, 6.07) is 3.82. The minimum Gasteiger partial charge on any atom is -0.236 e. The van der Waals surface area contributed by atoms with Crippen LogP contribution in [-0.4, -0.2) is 14.8 Å². The monoisotopic (exact) mass is 315 g/mol. The molecule has 0 radical (unpaired) electrons. The topological polar surface area (TPSA) is 30.7 Å². The van der Waals surface area contributed by atoms with Gasteiger partial charge in [0.25, 0.3) is 0 Å². The van der Waals surface area contributed by atoms with E-state index in [1.165, 1.54) is 0 Å². The predicted octanol–water partition coefficient (Wildman–Crippen LogP) is 3.43. The molecule has 0 spiro atoms. The summed E-state index contributed by atoms with van der Waals surface area (Å²) < 4.78 is 2.65. The molecule has 0 N–H and O–H groups in total. The van der Waals surface area contributed by atoms with Crippen LogP contribution in [0.3, 0.4) is 0 Å². The molecule has 0 saturated heterocycles. The van der Waals surface area contributed by atoms with Gasteiger partial charge in [-0.2, -0.15) is 16.9 Å². The van der Waals surface area contributed by atoms with E-state index in [1.54, 1.807) is 10.9 Å². The van der Waals surface area contributed by atoms with Gasteiger partial charge in [0, 0.05) is 27.7 Å². The summed E-state index contributed by atoms with van der Waals surface area (Å²) in [6.07, 6.45) is 1.74. The minimum absolute atomic E-state index is 0.690. The summed E-state index contributed by atoms with van der Waals surface area (Å²) >= 11 is 11.5. The zero-order chi connectivity index (χ0) is 11.1. The molecule has 0 amide bonds. The van der Waals surface area contributed by atoms with Gasteiger partial charge in [-0.1, -0.05) is 11.6 Å². The van der Waals surface area contributed by atoms with Gasteiger partial charge in [0.05, 0.1) is 5.69 Å². The maximum absolute atomic E-state index is 6.28. The first-order valence-corrected chi connectivity index (χ1v) is 7.04. The first-order valence-electron chi connectivity index (χ1n) is 4.71. The van der Waals surface area contributed by atoms with Gasteiger partial charge in [-0.05, 0) is 28.1 Å². The van der Waals surface area contributed by atoms with Crippen molar-refractivity contribution in [3.63, 3.8) is 0 Å². The highest BCUT2D eigenvalue weighted by molar-refractivity contribution is 9.10. The van der Waals surface area contributed by atoms with Gasteiger partial charge in [0.15, 0.2) is 5.82 Å². The number of rotatable bonds is 1. The quantitative estimate of drug-likeness (QED) is 0.807. The van der Waals surface area contributed by atoms with E-state index >= 15 is 0 Å².